The van der Waals surface area contributed by atoms with E-state index < -0.39 is 0 Å². The van der Waals surface area contributed by atoms with Gasteiger partial charge in [0.25, 0.3) is 5.91 Å². The smallest absolute Gasteiger partial charge is 0.253 e. The Morgan fingerprint density at radius 3 is 2.58 bits per heavy atom. The van der Waals surface area contributed by atoms with Gasteiger partial charge < -0.3 is 10.6 Å². The quantitative estimate of drug-likeness (QED) is 0.732. The molecular formula is C19H27N3O2. The normalized spacial score (nSPS) is 16.9. The van der Waals surface area contributed by atoms with Crippen LogP contribution >= 0.6 is 0 Å². The second-order valence-electron chi connectivity index (χ2n) is 7.02. The van der Waals surface area contributed by atoms with Crippen LogP contribution in [0.5, 0.6) is 0 Å². The van der Waals surface area contributed by atoms with Crippen molar-refractivity contribution in [3.05, 3.63) is 29.8 Å². The fourth-order valence-electron chi connectivity index (χ4n) is 2.89. The summed E-state index contributed by atoms with van der Waals surface area (Å²) in [4.78, 5) is 26.9. The maximum Gasteiger partial charge on any atom is 0.253 e. The Balaban J connectivity index is 1.59. The minimum absolute atomic E-state index is 0.0456. The largest absolute Gasteiger partial charge is 0.349 e. The summed E-state index contributed by atoms with van der Waals surface area (Å²) in [7, 11) is 0. The van der Waals surface area contributed by atoms with Crippen molar-refractivity contribution in [2.45, 2.75) is 45.1 Å². The molecule has 5 nitrogen and oxygen atoms in total. The van der Waals surface area contributed by atoms with Crippen molar-refractivity contribution in [1.82, 2.24) is 10.2 Å². The van der Waals surface area contributed by atoms with E-state index in [9.17, 15) is 9.59 Å². The molecule has 24 heavy (non-hydrogen) atoms. The first kappa shape index (κ1) is 17.0. The monoisotopic (exact) mass is 329 g/mol. The van der Waals surface area contributed by atoms with Crippen LogP contribution in [0.3, 0.4) is 0 Å². The number of amides is 2. The minimum atomic E-state index is -0.100. The summed E-state index contributed by atoms with van der Waals surface area (Å²) >= 11 is 0. The van der Waals surface area contributed by atoms with Gasteiger partial charge in [-0.2, -0.15) is 0 Å². The Bertz CT molecular complexity index is 594. The average molecular weight is 329 g/mol. The molecule has 0 aromatic heterocycles. The third-order valence-corrected chi connectivity index (χ3v) is 4.48. The van der Waals surface area contributed by atoms with Gasteiger partial charge in [-0.05, 0) is 56.7 Å². The van der Waals surface area contributed by atoms with Crippen LogP contribution in [-0.2, 0) is 4.79 Å². The van der Waals surface area contributed by atoms with Crippen LogP contribution in [0.2, 0.25) is 0 Å². The van der Waals surface area contributed by atoms with E-state index in [4.69, 9.17) is 0 Å². The van der Waals surface area contributed by atoms with E-state index >= 15 is 0 Å². The fourth-order valence-corrected chi connectivity index (χ4v) is 2.89. The highest BCUT2D eigenvalue weighted by atomic mass is 16.2. The van der Waals surface area contributed by atoms with Gasteiger partial charge in [-0.25, -0.2) is 0 Å². The Morgan fingerprint density at radius 2 is 1.92 bits per heavy atom. The van der Waals surface area contributed by atoms with Gasteiger partial charge in [0.15, 0.2) is 0 Å². The lowest BCUT2D eigenvalue weighted by Gasteiger charge is -2.21. The summed E-state index contributed by atoms with van der Waals surface area (Å²) in [5, 5.41) is 5.90. The van der Waals surface area contributed by atoms with Crippen molar-refractivity contribution in [3.63, 3.8) is 0 Å². The van der Waals surface area contributed by atoms with Gasteiger partial charge >= 0.3 is 0 Å². The summed E-state index contributed by atoms with van der Waals surface area (Å²) in [5.74, 6) is 0.619. The Labute approximate surface area is 143 Å². The molecule has 0 atom stereocenters. The lowest BCUT2D eigenvalue weighted by Crippen LogP contribution is -2.35. The van der Waals surface area contributed by atoms with Crippen molar-refractivity contribution >= 4 is 17.5 Å². The molecule has 0 saturated heterocycles. The molecule has 3 rings (SSSR count). The van der Waals surface area contributed by atoms with Crippen LogP contribution in [0, 0.1) is 5.92 Å². The van der Waals surface area contributed by atoms with E-state index in [0.717, 1.165) is 38.3 Å². The van der Waals surface area contributed by atoms with Gasteiger partial charge in [-0.3, -0.25) is 14.5 Å². The van der Waals surface area contributed by atoms with Gasteiger partial charge in [0.1, 0.15) is 0 Å². The number of benzene rings is 1. The van der Waals surface area contributed by atoms with E-state index in [1.165, 1.54) is 12.8 Å². The zero-order valence-electron chi connectivity index (χ0n) is 14.4. The van der Waals surface area contributed by atoms with Crippen LogP contribution in [0.4, 0.5) is 5.69 Å². The maximum atomic E-state index is 12.4. The second-order valence-corrected chi connectivity index (χ2v) is 7.02. The molecule has 2 N–H and O–H groups in total. The van der Waals surface area contributed by atoms with E-state index in [2.05, 4.69) is 22.5 Å². The minimum Gasteiger partial charge on any atom is -0.349 e. The molecule has 0 bridgehead atoms. The number of hydrogen-bond acceptors (Lipinski definition) is 3. The first-order chi connectivity index (χ1) is 11.7. The van der Waals surface area contributed by atoms with Crippen molar-refractivity contribution in [2.24, 2.45) is 5.92 Å². The topological polar surface area (TPSA) is 61.4 Å². The number of carbonyl (C=O) groups is 2. The third kappa shape index (κ3) is 5.06. The van der Waals surface area contributed by atoms with Crippen molar-refractivity contribution in [1.29, 1.82) is 0 Å². The number of nitrogens with zero attached hydrogens (tertiary/aromatic N) is 1. The predicted octanol–water partition coefficient (Wildman–Crippen LogP) is 2.64. The van der Waals surface area contributed by atoms with Crippen LogP contribution < -0.4 is 10.6 Å². The molecule has 0 aliphatic heterocycles. The van der Waals surface area contributed by atoms with Crippen LogP contribution in [0.25, 0.3) is 0 Å². The van der Waals surface area contributed by atoms with Gasteiger partial charge in [0.2, 0.25) is 5.91 Å². The summed E-state index contributed by atoms with van der Waals surface area (Å²) in [6, 6.07) is 7.54. The van der Waals surface area contributed by atoms with Crippen LogP contribution in [-0.4, -0.2) is 42.4 Å². The SMILES string of the molecule is CCCN(CC(=O)Nc1ccccc1C(=O)NC1CC1)CC1CC1. The molecule has 130 valence electrons. The number of para-hydroxylation sites is 1. The average Bonchev–Trinajstić information content (AvgIpc) is 3.44. The van der Waals surface area contributed by atoms with Gasteiger partial charge in [-0.1, -0.05) is 19.1 Å². The molecule has 1 aromatic carbocycles. The number of carbonyl (C=O) groups excluding carboxylic acids is 2. The van der Waals surface area contributed by atoms with Crippen molar-refractivity contribution in [3.8, 4) is 0 Å². The molecule has 0 radical (unpaired) electrons. The Hall–Kier alpha value is -1.88. The number of anilines is 1. The maximum absolute atomic E-state index is 12.4. The molecule has 0 unspecified atom stereocenters. The predicted molar refractivity (Wildman–Crippen MR) is 95.0 cm³/mol. The van der Waals surface area contributed by atoms with Gasteiger partial charge in [0.05, 0.1) is 17.8 Å². The Kier molecular flexibility index (Phi) is 5.51. The van der Waals surface area contributed by atoms with Crippen LogP contribution in [0.15, 0.2) is 24.3 Å². The summed E-state index contributed by atoms with van der Waals surface area (Å²) in [6.07, 6.45) is 5.71. The van der Waals surface area contributed by atoms with Crippen molar-refractivity contribution in [2.75, 3.05) is 25.0 Å². The lowest BCUT2D eigenvalue weighted by atomic mass is 10.1. The Morgan fingerprint density at radius 1 is 1.17 bits per heavy atom. The summed E-state index contributed by atoms with van der Waals surface area (Å²) < 4.78 is 0. The van der Waals surface area contributed by atoms with E-state index in [-0.39, 0.29) is 11.8 Å². The fraction of sp³-hybridized carbons (Fsp3) is 0.579. The van der Waals surface area contributed by atoms with E-state index in [1.54, 1.807) is 12.1 Å². The van der Waals surface area contributed by atoms with E-state index in [0.29, 0.717) is 23.8 Å². The highest BCUT2D eigenvalue weighted by Crippen LogP contribution is 2.29. The number of rotatable bonds is 9. The first-order valence-corrected chi connectivity index (χ1v) is 9.07. The highest BCUT2D eigenvalue weighted by molar-refractivity contribution is 6.04. The summed E-state index contributed by atoms with van der Waals surface area (Å²) in [5.41, 5.74) is 1.14. The zero-order chi connectivity index (χ0) is 16.9. The molecule has 2 aliphatic carbocycles. The van der Waals surface area contributed by atoms with Crippen molar-refractivity contribution < 1.29 is 9.59 Å². The van der Waals surface area contributed by atoms with Gasteiger partial charge in [-0.15, -0.1) is 0 Å². The molecule has 2 aliphatic rings. The van der Waals surface area contributed by atoms with Crippen LogP contribution in [0.1, 0.15) is 49.4 Å². The van der Waals surface area contributed by atoms with Gasteiger partial charge in [0, 0.05) is 12.6 Å². The molecule has 1 aromatic rings. The zero-order valence-corrected chi connectivity index (χ0v) is 14.4. The van der Waals surface area contributed by atoms with E-state index in [1.807, 2.05) is 12.1 Å². The number of hydrogen-bond donors (Lipinski definition) is 2. The second kappa shape index (κ2) is 7.79. The molecule has 5 heteroatoms. The molecular weight excluding hydrogens is 302 g/mol. The number of nitrogens with one attached hydrogen (secondary N) is 2. The standard InChI is InChI=1S/C19H27N3O2/c1-2-11-22(12-14-7-8-14)13-18(23)21-17-6-4-3-5-16(17)19(24)20-15-9-10-15/h3-6,14-15H,2,7-13H2,1H3,(H,20,24)(H,21,23). The summed E-state index contributed by atoms with van der Waals surface area (Å²) in [6.45, 7) is 4.47. The first-order valence-electron chi connectivity index (χ1n) is 9.07. The molecule has 0 spiro atoms. The molecule has 2 fully saturated rings. The molecule has 2 saturated carbocycles. The third-order valence-electron chi connectivity index (χ3n) is 4.48. The molecule has 2 amide bonds. The highest BCUT2D eigenvalue weighted by Gasteiger charge is 2.26. The lowest BCUT2D eigenvalue weighted by molar-refractivity contribution is -0.117. The molecule has 0 heterocycles.